The molecule has 0 saturated heterocycles. The van der Waals surface area contributed by atoms with Gasteiger partial charge in [0.05, 0.1) is 0 Å². The van der Waals surface area contributed by atoms with Gasteiger partial charge in [-0.15, -0.1) is 0 Å². The molecule has 4 aromatic rings. The molecule has 0 saturated carbocycles. The van der Waals surface area contributed by atoms with E-state index in [2.05, 4.69) is 0 Å². The molecule has 0 radical (unpaired) electrons. The van der Waals surface area contributed by atoms with Crippen LogP contribution in [0.15, 0.2) is 121 Å². The number of rotatable bonds is 0. The van der Waals surface area contributed by atoms with E-state index in [1.54, 1.807) is 0 Å². The molecule has 0 aliphatic rings. The molecule has 0 fully saturated rings. The van der Waals surface area contributed by atoms with Crippen molar-refractivity contribution in [3.8, 4) is 0 Å². The molecule has 0 spiro atoms. The number of hydrogen-bond acceptors (Lipinski definition) is 0. The molecule has 0 unspecified atom stereocenters. The standard InChI is InChI=1S/4C5H5.Ti.Zr/c4*1-2-4-5-3-1;;/h4*1-5H;;/q4*-1;2*+2. The fraction of sp³-hybridized carbons (Fsp3) is 0. The van der Waals surface area contributed by atoms with Crippen molar-refractivity contribution < 1.29 is 47.9 Å². The molecule has 2 heteroatoms. The zero-order chi connectivity index (χ0) is 14.1. The van der Waals surface area contributed by atoms with E-state index >= 15 is 0 Å². The van der Waals surface area contributed by atoms with Gasteiger partial charge in [-0.3, -0.25) is 0 Å². The molecular weight excluding hydrogens is 379 g/mol. The van der Waals surface area contributed by atoms with Crippen LogP contribution in [0.2, 0.25) is 0 Å². The van der Waals surface area contributed by atoms with Gasteiger partial charge >= 0.3 is 47.9 Å². The van der Waals surface area contributed by atoms with Crippen LogP contribution in [0, 0.1) is 0 Å². The van der Waals surface area contributed by atoms with E-state index in [0.29, 0.717) is 0 Å². The van der Waals surface area contributed by atoms with Crippen molar-refractivity contribution in [3.63, 3.8) is 0 Å². The molecule has 0 aliphatic heterocycles. The van der Waals surface area contributed by atoms with Crippen molar-refractivity contribution in [1.82, 2.24) is 0 Å². The Labute approximate surface area is 168 Å². The van der Waals surface area contributed by atoms with E-state index < -0.39 is 0 Å². The van der Waals surface area contributed by atoms with Crippen LogP contribution in [0.25, 0.3) is 0 Å². The van der Waals surface area contributed by atoms with Gasteiger partial charge in [-0.1, -0.05) is 0 Å². The van der Waals surface area contributed by atoms with Gasteiger partial charge in [0.1, 0.15) is 0 Å². The zero-order valence-electron chi connectivity index (χ0n) is 12.5. The van der Waals surface area contributed by atoms with Gasteiger partial charge in [0.15, 0.2) is 0 Å². The quantitative estimate of drug-likeness (QED) is 0.266. The molecule has 0 amide bonds. The molecule has 22 heavy (non-hydrogen) atoms. The minimum Gasteiger partial charge on any atom is -0.214 e. The van der Waals surface area contributed by atoms with Crippen LogP contribution in [-0.4, -0.2) is 0 Å². The van der Waals surface area contributed by atoms with E-state index in [-0.39, 0.29) is 47.9 Å². The maximum Gasteiger partial charge on any atom is 2.00 e. The van der Waals surface area contributed by atoms with Crippen LogP contribution in [-0.2, 0) is 47.9 Å². The predicted molar refractivity (Wildman–Crippen MR) is 88.1 cm³/mol. The Bertz CT molecular complexity index is 343. The normalized spacial score (nSPS) is 7.27. The third kappa shape index (κ3) is 17.1. The van der Waals surface area contributed by atoms with Crippen LogP contribution >= 0.6 is 0 Å². The Hall–Kier alpha value is -1.00. The maximum absolute atomic E-state index is 2.00. The summed E-state index contributed by atoms with van der Waals surface area (Å²) in [5.74, 6) is 0. The summed E-state index contributed by atoms with van der Waals surface area (Å²) in [5, 5.41) is 0. The van der Waals surface area contributed by atoms with Gasteiger partial charge in [-0.25, -0.2) is 48.5 Å². The molecule has 0 atom stereocenters. The molecule has 0 bridgehead atoms. The van der Waals surface area contributed by atoms with Crippen LogP contribution in [0.5, 0.6) is 0 Å². The third-order valence-corrected chi connectivity index (χ3v) is 2.22. The van der Waals surface area contributed by atoms with Crippen molar-refractivity contribution in [2.45, 2.75) is 0 Å². The molecule has 0 heterocycles. The van der Waals surface area contributed by atoms with Crippen molar-refractivity contribution >= 4 is 0 Å². The fourth-order valence-corrected chi connectivity index (χ4v) is 1.28. The van der Waals surface area contributed by atoms with E-state index in [1.807, 2.05) is 121 Å². The monoisotopic (exact) mass is 398 g/mol. The average molecular weight is 399 g/mol. The number of hydrogen-bond donors (Lipinski definition) is 0. The second-order valence-electron chi connectivity index (χ2n) is 3.85. The SMILES string of the molecule is [Ti+2].[Zr+2].c1cc[cH-]c1.c1cc[cH-]c1.c1cc[cH-]c1.c1cc[cH-]c1. The molecule has 4 aromatic carbocycles. The molecule has 108 valence electrons. The molecule has 0 N–H and O–H groups in total. The molecular formula is C20H20TiZr. The van der Waals surface area contributed by atoms with Crippen LogP contribution < -0.4 is 0 Å². The Morgan fingerprint density at radius 3 is 0.500 bits per heavy atom. The average Bonchev–Trinajstić information content (AvgIpc) is 3.40. The Balaban J connectivity index is 0. The van der Waals surface area contributed by atoms with Crippen molar-refractivity contribution in [2.24, 2.45) is 0 Å². The van der Waals surface area contributed by atoms with E-state index in [9.17, 15) is 0 Å². The summed E-state index contributed by atoms with van der Waals surface area (Å²) in [7, 11) is 0. The molecule has 0 nitrogen and oxygen atoms in total. The van der Waals surface area contributed by atoms with Crippen LogP contribution in [0.4, 0.5) is 0 Å². The van der Waals surface area contributed by atoms with E-state index in [4.69, 9.17) is 0 Å². The van der Waals surface area contributed by atoms with Gasteiger partial charge in [0.25, 0.3) is 0 Å². The third-order valence-electron chi connectivity index (χ3n) is 2.22. The molecule has 4 rings (SSSR count). The van der Waals surface area contributed by atoms with E-state index in [1.165, 1.54) is 0 Å². The van der Waals surface area contributed by atoms with Crippen molar-refractivity contribution in [1.29, 1.82) is 0 Å². The molecule has 0 aliphatic carbocycles. The summed E-state index contributed by atoms with van der Waals surface area (Å²) < 4.78 is 0. The van der Waals surface area contributed by atoms with Crippen LogP contribution in [0.1, 0.15) is 0 Å². The van der Waals surface area contributed by atoms with Crippen molar-refractivity contribution in [2.75, 3.05) is 0 Å². The first kappa shape index (κ1) is 23.3. The van der Waals surface area contributed by atoms with E-state index in [0.717, 1.165) is 0 Å². The summed E-state index contributed by atoms with van der Waals surface area (Å²) in [4.78, 5) is 0. The van der Waals surface area contributed by atoms with Gasteiger partial charge in [-0.05, 0) is 0 Å². The first-order chi connectivity index (χ1) is 10.0. The van der Waals surface area contributed by atoms with Gasteiger partial charge in [-0.2, -0.15) is 72.8 Å². The largest absolute Gasteiger partial charge is 2.00 e. The molecule has 0 aromatic heterocycles. The Morgan fingerprint density at radius 1 is 0.318 bits per heavy atom. The summed E-state index contributed by atoms with van der Waals surface area (Å²) in [6, 6.07) is 40.0. The fourth-order valence-electron chi connectivity index (χ4n) is 1.28. The predicted octanol–water partition coefficient (Wildman–Crippen LogP) is 5.62. The smallest absolute Gasteiger partial charge is 0.214 e. The van der Waals surface area contributed by atoms with Crippen molar-refractivity contribution in [3.05, 3.63) is 121 Å². The first-order valence-corrected chi connectivity index (χ1v) is 6.67. The second-order valence-corrected chi connectivity index (χ2v) is 3.85. The minimum absolute atomic E-state index is 0. The Kier molecular flexibility index (Phi) is 21.1. The van der Waals surface area contributed by atoms with Gasteiger partial charge < -0.3 is 0 Å². The summed E-state index contributed by atoms with van der Waals surface area (Å²) in [6.07, 6.45) is 0. The Morgan fingerprint density at radius 2 is 0.455 bits per heavy atom. The second kappa shape index (κ2) is 20.0. The maximum atomic E-state index is 2.00. The first-order valence-electron chi connectivity index (χ1n) is 6.67. The van der Waals surface area contributed by atoms with Crippen LogP contribution in [0.3, 0.4) is 0 Å². The van der Waals surface area contributed by atoms with Gasteiger partial charge in [0, 0.05) is 0 Å². The summed E-state index contributed by atoms with van der Waals surface area (Å²) in [6.45, 7) is 0. The summed E-state index contributed by atoms with van der Waals surface area (Å²) >= 11 is 0. The topological polar surface area (TPSA) is 0 Å². The zero-order valence-corrected chi connectivity index (χ0v) is 16.6. The van der Waals surface area contributed by atoms with Gasteiger partial charge in [0.2, 0.25) is 0 Å². The summed E-state index contributed by atoms with van der Waals surface area (Å²) in [5.41, 5.74) is 0. The minimum atomic E-state index is 0.